The molecule has 1 saturated heterocycles. The number of hydrogen-bond acceptors (Lipinski definition) is 3. The van der Waals surface area contributed by atoms with Crippen LogP contribution < -0.4 is 0 Å². The summed E-state index contributed by atoms with van der Waals surface area (Å²) in [5.41, 5.74) is 0. The van der Waals surface area contributed by atoms with Crippen LogP contribution in [0.1, 0.15) is 104 Å². The molecule has 0 aromatic rings. The normalized spacial score (nSPS) is 21.6. The van der Waals surface area contributed by atoms with Crippen molar-refractivity contribution in [3.63, 3.8) is 0 Å². The van der Waals surface area contributed by atoms with E-state index in [4.69, 9.17) is 0 Å². The molecule has 1 rings (SSSR count). The zero-order chi connectivity index (χ0) is 23.9. The molecule has 6 nitrogen and oxygen atoms in total. The Bertz CT molecular complexity index is 607. The smallest absolute Gasteiger partial charge is 0.265 e. The second-order valence-corrected chi connectivity index (χ2v) is 11.4. The topological polar surface area (TPSA) is 74.7 Å². The first-order chi connectivity index (χ1) is 15.3. The third-order valence-corrected chi connectivity index (χ3v) is 8.04. The standard InChI is InChI=1S/C25H50N2O4S/c1-4-7-8-9-10-11-12-13-14-15-19-27(21-17-22-32(29,30)31)20-16-18-24(23-27)25(28)26(5-2)6-3/h24H,4-23H2,1-3H3/p+1/t24-,27-/m0/s1. The molecule has 1 N–H and O–H groups in total. The van der Waals surface area contributed by atoms with Gasteiger partial charge in [0.1, 0.15) is 0 Å². The Morgan fingerprint density at radius 2 is 1.41 bits per heavy atom. The molecule has 1 fully saturated rings. The maximum Gasteiger partial charge on any atom is 0.265 e. The van der Waals surface area contributed by atoms with Crippen LogP contribution in [0.4, 0.5) is 0 Å². The van der Waals surface area contributed by atoms with E-state index in [1.807, 2.05) is 18.7 Å². The van der Waals surface area contributed by atoms with Gasteiger partial charge in [0.25, 0.3) is 10.1 Å². The van der Waals surface area contributed by atoms with Crippen LogP contribution in [0.3, 0.4) is 0 Å². The van der Waals surface area contributed by atoms with Crippen molar-refractivity contribution in [1.29, 1.82) is 0 Å². The van der Waals surface area contributed by atoms with Crippen LogP contribution in [0.2, 0.25) is 0 Å². The lowest BCUT2D eigenvalue weighted by Gasteiger charge is -2.45. The molecule has 190 valence electrons. The number of carbonyl (C=O) groups is 1. The number of likely N-dealkylation sites (tertiary alicyclic amines) is 1. The van der Waals surface area contributed by atoms with Crippen molar-refractivity contribution in [1.82, 2.24) is 4.90 Å². The van der Waals surface area contributed by atoms with Crippen molar-refractivity contribution in [3.05, 3.63) is 0 Å². The largest absolute Gasteiger partial charge is 0.343 e. The second kappa shape index (κ2) is 16.0. The SMILES string of the molecule is CCCCCCCCCCCC[N@@+]1(CCCS(=O)(=O)O)CCC[C@H](C(=O)N(CC)CC)C1. The number of carbonyl (C=O) groups excluding carboxylic acids is 1. The third kappa shape index (κ3) is 12.0. The Morgan fingerprint density at radius 3 is 1.94 bits per heavy atom. The molecule has 2 atom stereocenters. The molecule has 1 aliphatic heterocycles. The predicted molar refractivity (Wildman–Crippen MR) is 133 cm³/mol. The Morgan fingerprint density at radius 1 is 0.875 bits per heavy atom. The number of rotatable bonds is 18. The van der Waals surface area contributed by atoms with Gasteiger partial charge in [-0.05, 0) is 39.5 Å². The van der Waals surface area contributed by atoms with Gasteiger partial charge in [-0.15, -0.1) is 0 Å². The van der Waals surface area contributed by atoms with Crippen molar-refractivity contribution >= 4 is 16.0 Å². The summed E-state index contributed by atoms with van der Waals surface area (Å²) in [4.78, 5) is 14.9. The minimum atomic E-state index is -3.93. The van der Waals surface area contributed by atoms with E-state index in [1.165, 1.54) is 57.8 Å². The first kappa shape index (κ1) is 29.4. The van der Waals surface area contributed by atoms with E-state index < -0.39 is 10.1 Å². The molecule has 0 spiro atoms. The van der Waals surface area contributed by atoms with Crippen LogP contribution in [0.25, 0.3) is 0 Å². The van der Waals surface area contributed by atoms with Gasteiger partial charge < -0.3 is 9.38 Å². The quantitative estimate of drug-likeness (QED) is 0.166. The molecule has 1 heterocycles. The fourth-order valence-corrected chi connectivity index (χ4v) is 5.85. The molecule has 0 aromatic carbocycles. The summed E-state index contributed by atoms with van der Waals surface area (Å²) in [7, 11) is -3.93. The average molecular weight is 476 g/mol. The van der Waals surface area contributed by atoms with Gasteiger partial charge in [0.05, 0.1) is 37.8 Å². The summed E-state index contributed by atoms with van der Waals surface area (Å²) < 4.78 is 32.5. The van der Waals surface area contributed by atoms with Crippen LogP contribution in [-0.2, 0) is 14.9 Å². The third-order valence-electron chi connectivity index (χ3n) is 7.24. The van der Waals surface area contributed by atoms with Gasteiger partial charge in [-0.3, -0.25) is 9.35 Å². The van der Waals surface area contributed by atoms with Crippen LogP contribution in [0.5, 0.6) is 0 Å². The molecule has 1 aliphatic rings. The zero-order valence-electron chi connectivity index (χ0n) is 21.2. The number of amides is 1. The fourth-order valence-electron chi connectivity index (χ4n) is 5.35. The number of quaternary nitrogens is 1. The zero-order valence-corrected chi connectivity index (χ0v) is 22.0. The van der Waals surface area contributed by atoms with Crippen molar-refractivity contribution < 1.29 is 22.2 Å². The van der Waals surface area contributed by atoms with Gasteiger partial charge in [0.2, 0.25) is 5.91 Å². The second-order valence-electron chi connectivity index (χ2n) is 9.87. The van der Waals surface area contributed by atoms with E-state index in [1.54, 1.807) is 0 Å². The molecule has 0 aliphatic carbocycles. The Balaban J connectivity index is 2.55. The summed E-state index contributed by atoms with van der Waals surface area (Å²) in [5, 5.41) is 0. The molecule has 0 aromatic heterocycles. The van der Waals surface area contributed by atoms with Crippen LogP contribution in [0, 0.1) is 5.92 Å². The maximum absolute atomic E-state index is 13.0. The summed E-state index contributed by atoms with van der Waals surface area (Å²) in [6.45, 7) is 11.4. The summed E-state index contributed by atoms with van der Waals surface area (Å²) in [5.74, 6) is 0.118. The maximum atomic E-state index is 13.0. The highest BCUT2D eigenvalue weighted by Gasteiger charge is 2.38. The van der Waals surface area contributed by atoms with Gasteiger partial charge in [0, 0.05) is 19.5 Å². The average Bonchev–Trinajstić information content (AvgIpc) is 2.75. The molecule has 0 bridgehead atoms. The minimum absolute atomic E-state index is 0.0394. The molecule has 0 radical (unpaired) electrons. The van der Waals surface area contributed by atoms with E-state index in [-0.39, 0.29) is 17.6 Å². The van der Waals surface area contributed by atoms with Gasteiger partial charge >= 0.3 is 0 Å². The highest BCUT2D eigenvalue weighted by Crippen LogP contribution is 2.27. The molecular weight excluding hydrogens is 424 g/mol. The first-order valence-electron chi connectivity index (χ1n) is 13.4. The molecule has 0 unspecified atom stereocenters. The monoisotopic (exact) mass is 475 g/mol. The van der Waals surface area contributed by atoms with E-state index in [0.29, 0.717) is 6.42 Å². The summed E-state index contributed by atoms with van der Waals surface area (Å²) in [6, 6.07) is 0. The Labute approximate surface area is 198 Å². The van der Waals surface area contributed by atoms with Crippen LogP contribution >= 0.6 is 0 Å². The molecule has 32 heavy (non-hydrogen) atoms. The van der Waals surface area contributed by atoms with Crippen LogP contribution in [-0.4, -0.2) is 73.3 Å². The van der Waals surface area contributed by atoms with Crippen molar-refractivity contribution in [2.24, 2.45) is 5.92 Å². The summed E-state index contributed by atoms with van der Waals surface area (Å²) in [6.07, 6.45) is 15.4. The lowest BCUT2D eigenvalue weighted by atomic mass is 9.93. The summed E-state index contributed by atoms with van der Waals surface area (Å²) >= 11 is 0. The fraction of sp³-hybridized carbons (Fsp3) is 0.960. The number of piperidine rings is 1. The van der Waals surface area contributed by atoms with Gasteiger partial charge in [-0.25, -0.2) is 0 Å². The number of nitrogens with zero attached hydrogens (tertiary/aromatic N) is 2. The minimum Gasteiger partial charge on any atom is -0.343 e. The highest BCUT2D eigenvalue weighted by atomic mass is 32.2. The van der Waals surface area contributed by atoms with Crippen molar-refractivity contribution in [3.8, 4) is 0 Å². The molecule has 0 saturated carbocycles. The van der Waals surface area contributed by atoms with Crippen molar-refractivity contribution in [2.75, 3.05) is 45.0 Å². The van der Waals surface area contributed by atoms with E-state index in [9.17, 15) is 17.8 Å². The number of unbranched alkanes of at least 4 members (excludes halogenated alkanes) is 9. The number of hydrogen-bond donors (Lipinski definition) is 1. The molecule has 7 heteroatoms. The van der Waals surface area contributed by atoms with Crippen molar-refractivity contribution in [2.45, 2.75) is 104 Å². The van der Waals surface area contributed by atoms with E-state index in [0.717, 1.165) is 63.0 Å². The first-order valence-corrected chi connectivity index (χ1v) is 15.0. The van der Waals surface area contributed by atoms with E-state index in [2.05, 4.69) is 6.92 Å². The van der Waals surface area contributed by atoms with E-state index >= 15 is 0 Å². The highest BCUT2D eigenvalue weighted by molar-refractivity contribution is 7.85. The molecular formula is C25H51N2O4S+. The van der Waals surface area contributed by atoms with Gasteiger partial charge in [0.15, 0.2) is 0 Å². The predicted octanol–water partition coefficient (Wildman–Crippen LogP) is 5.28. The Hall–Kier alpha value is -0.660. The lowest BCUT2D eigenvalue weighted by molar-refractivity contribution is -0.935. The van der Waals surface area contributed by atoms with Gasteiger partial charge in [-0.1, -0.05) is 58.3 Å². The Kier molecular flexibility index (Phi) is 14.7. The lowest BCUT2D eigenvalue weighted by Crippen LogP contribution is -2.58. The van der Waals surface area contributed by atoms with Crippen LogP contribution in [0.15, 0.2) is 0 Å². The van der Waals surface area contributed by atoms with Gasteiger partial charge in [-0.2, -0.15) is 8.42 Å². The molecule has 1 amide bonds.